The van der Waals surface area contributed by atoms with Gasteiger partial charge in [0.25, 0.3) is 0 Å². The summed E-state index contributed by atoms with van der Waals surface area (Å²) in [4.78, 5) is 6.95. The van der Waals surface area contributed by atoms with Crippen LogP contribution in [-0.2, 0) is 4.74 Å². The lowest BCUT2D eigenvalue weighted by atomic mass is 10.1. The summed E-state index contributed by atoms with van der Waals surface area (Å²) in [7, 11) is 3.54. The van der Waals surface area contributed by atoms with Crippen molar-refractivity contribution < 1.29 is 9.47 Å². The third-order valence-electron chi connectivity index (χ3n) is 5.55. The van der Waals surface area contributed by atoms with Crippen LogP contribution in [0.4, 0.5) is 0 Å². The zero-order chi connectivity index (χ0) is 18.9. The van der Waals surface area contributed by atoms with Gasteiger partial charge in [-0.3, -0.25) is 9.89 Å². The van der Waals surface area contributed by atoms with Crippen LogP contribution in [0.1, 0.15) is 43.7 Å². The van der Waals surface area contributed by atoms with Crippen LogP contribution in [0.5, 0.6) is 5.75 Å². The summed E-state index contributed by atoms with van der Waals surface area (Å²) in [6.45, 7) is 4.96. The zero-order valence-corrected chi connectivity index (χ0v) is 19.5. The van der Waals surface area contributed by atoms with Gasteiger partial charge in [-0.25, -0.2) is 0 Å². The second kappa shape index (κ2) is 12.5. The molecule has 0 bridgehead atoms. The molecule has 2 unspecified atom stereocenters. The second-order valence-corrected chi connectivity index (χ2v) is 7.34. The third kappa shape index (κ3) is 6.77. The molecule has 2 fully saturated rings. The predicted octanol–water partition coefficient (Wildman–Crippen LogP) is 3.18. The van der Waals surface area contributed by atoms with E-state index in [0.717, 1.165) is 50.9 Å². The van der Waals surface area contributed by atoms with Crippen LogP contribution in [-0.4, -0.2) is 63.9 Å². The maximum atomic E-state index is 5.69. The number of ether oxygens (including phenoxy) is 2. The van der Waals surface area contributed by atoms with Gasteiger partial charge in [0.1, 0.15) is 5.75 Å². The van der Waals surface area contributed by atoms with Gasteiger partial charge in [0.2, 0.25) is 0 Å². The van der Waals surface area contributed by atoms with Gasteiger partial charge < -0.3 is 20.1 Å². The largest absolute Gasteiger partial charge is 0.497 e. The minimum Gasteiger partial charge on any atom is -0.497 e. The first kappa shape index (κ1) is 23.2. The van der Waals surface area contributed by atoms with Gasteiger partial charge in [-0.2, -0.15) is 0 Å². The van der Waals surface area contributed by atoms with Crippen LogP contribution in [0.3, 0.4) is 0 Å². The molecular weight excluding hydrogens is 467 g/mol. The van der Waals surface area contributed by atoms with Crippen molar-refractivity contribution in [1.29, 1.82) is 0 Å². The molecule has 2 saturated heterocycles. The van der Waals surface area contributed by atoms with E-state index in [9.17, 15) is 0 Å². The molecule has 2 heterocycles. The third-order valence-corrected chi connectivity index (χ3v) is 5.55. The number of aliphatic imine (C=N–C) groups is 1. The molecule has 0 aromatic heterocycles. The first-order chi connectivity index (χ1) is 13.3. The smallest absolute Gasteiger partial charge is 0.191 e. The highest BCUT2D eigenvalue weighted by Gasteiger charge is 2.24. The predicted molar refractivity (Wildman–Crippen MR) is 125 cm³/mol. The molecule has 2 N–H and O–H groups in total. The van der Waals surface area contributed by atoms with Crippen LogP contribution in [0.2, 0.25) is 0 Å². The molecule has 6 nitrogen and oxygen atoms in total. The van der Waals surface area contributed by atoms with Gasteiger partial charge in [-0.15, -0.1) is 24.0 Å². The highest BCUT2D eigenvalue weighted by Crippen LogP contribution is 2.26. The molecule has 0 spiro atoms. The molecule has 2 aliphatic heterocycles. The summed E-state index contributed by atoms with van der Waals surface area (Å²) in [5.41, 5.74) is 1.32. The van der Waals surface area contributed by atoms with Gasteiger partial charge in [0, 0.05) is 26.7 Å². The maximum absolute atomic E-state index is 5.69. The first-order valence-electron chi connectivity index (χ1n) is 10.2. The van der Waals surface area contributed by atoms with Gasteiger partial charge in [-0.05, 0) is 62.9 Å². The molecule has 2 aliphatic rings. The van der Waals surface area contributed by atoms with Crippen LogP contribution >= 0.6 is 24.0 Å². The summed E-state index contributed by atoms with van der Waals surface area (Å²) in [6.07, 6.45) is 6.38. The van der Waals surface area contributed by atoms with Gasteiger partial charge >= 0.3 is 0 Å². The van der Waals surface area contributed by atoms with Crippen molar-refractivity contribution in [2.24, 2.45) is 4.99 Å². The monoisotopic (exact) mass is 502 g/mol. The standard InChI is InChI=1S/C21H34N4O2.HI/c1-22-21(23-12-11-19-6-5-15-27-19)24-16-20(25-13-3-4-14-25)17-7-9-18(26-2)10-8-17;/h7-10,19-20H,3-6,11-16H2,1-2H3,(H2,22,23,24);1H. The molecule has 0 radical (unpaired) electrons. The fourth-order valence-electron chi connectivity index (χ4n) is 3.97. The Kier molecular flexibility index (Phi) is 10.4. The summed E-state index contributed by atoms with van der Waals surface area (Å²) >= 11 is 0. The lowest BCUT2D eigenvalue weighted by molar-refractivity contribution is 0.105. The van der Waals surface area contributed by atoms with Crippen LogP contribution in [0.15, 0.2) is 29.3 Å². The molecule has 2 atom stereocenters. The number of nitrogens with zero attached hydrogens (tertiary/aromatic N) is 2. The fraction of sp³-hybridized carbons (Fsp3) is 0.667. The summed E-state index contributed by atoms with van der Waals surface area (Å²) in [5.74, 6) is 1.77. The van der Waals surface area contributed by atoms with Gasteiger partial charge in [0.05, 0.1) is 19.3 Å². The van der Waals surface area contributed by atoms with Crippen LogP contribution < -0.4 is 15.4 Å². The van der Waals surface area contributed by atoms with Crippen molar-refractivity contribution in [3.63, 3.8) is 0 Å². The van der Waals surface area contributed by atoms with E-state index < -0.39 is 0 Å². The van der Waals surface area contributed by atoms with E-state index in [-0.39, 0.29) is 24.0 Å². The Morgan fingerprint density at radius 1 is 1.21 bits per heavy atom. The maximum Gasteiger partial charge on any atom is 0.191 e. The molecule has 3 rings (SSSR count). The number of methoxy groups -OCH3 is 1. The molecule has 0 aliphatic carbocycles. The molecule has 1 aromatic rings. The van der Waals surface area contributed by atoms with Crippen molar-refractivity contribution in [3.8, 4) is 5.75 Å². The van der Waals surface area contributed by atoms with Crippen molar-refractivity contribution >= 4 is 29.9 Å². The fourth-order valence-corrected chi connectivity index (χ4v) is 3.97. The first-order valence-corrected chi connectivity index (χ1v) is 10.2. The average Bonchev–Trinajstić information content (AvgIpc) is 3.41. The Hall–Kier alpha value is -1.06. The Morgan fingerprint density at radius 2 is 1.96 bits per heavy atom. The quantitative estimate of drug-likeness (QED) is 0.325. The van der Waals surface area contributed by atoms with E-state index in [4.69, 9.17) is 9.47 Å². The minimum atomic E-state index is 0. The number of halogens is 1. The molecule has 7 heteroatoms. The van der Waals surface area contributed by atoms with Crippen LogP contribution in [0, 0.1) is 0 Å². The number of nitrogens with one attached hydrogen (secondary N) is 2. The Labute approximate surface area is 186 Å². The van der Waals surface area contributed by atoms with E-state index in [1.54, 1.807) is 7.11 Å². The van der Waals surface area contributed by atoms with E-state index in [0.29, 0.717) is 12.1 Å². The normalized spacial score (nSPS) is 21.2. The van der Waals surface area contributed by atoms with E-state index in [1.807, 2.05) is 19.2 Å². The number of hydrogen-bond acceptors (Lipinski definition) is 4. The van der Waals surface area contributed by atoms with E-state index in [2.05, 4.69) is 32.7 Å². The van der Waals surface area contributed by atoms with Gasteiger partial charge in [-0.1, -0.05) is 12.1 Å². The number of guanidine groups is 1. The average molecular weight is 502 g/mol. The lowest BCUT2D eigenvalue weighted by Gasteiger charge is -2.29. The number of rotatable bonds is 8. The molecule has 0 amide bonds. The molecule has 28 heavy (non-hydrogen) atoms. The van der Waals surface area contributed by atoms with Crippen molar-refractivity contribution in [3.05, 3.63) is 29.8 Å². The minimum absolute atomic E-state index is 0. The lowest BCUT2D eigenvalue weighted by Crippen LogP contribution is -2.43. The molecular formula is C21H35IN4O2. The Morgan fingerprint density at radius 3 is 2.57 bits per heavy atom. The Bertz CT molecular complexity index is 585. The van der Waals surface area contributed by atoms with E-state index in [1.165, 1.54) is 31.2 Å². The van der Waals surface area contributed by atoms with Crippen molar-refractivity contribution in [1.82, 2.24) is 15.5 Å². The summed E-state index contributed by atoms with van der Waals surface area (Å²) < 4.78 is 11.0. The summed E-state index contributed by atoms with van der Waals surface area (Å²) in [5, 5.41) is 6.96. The van der Waals surface area contributed by atoms with E-state index >= 15 is 0 Å². The zero-order valence-electron chi connectivity index (χ0n) is 17.2. The second-order valence-electron chi connectivity index (χ2n) is 7.34. The number of likely N-dealkylation sites (tertiary alicyclic amines) is 1. The number of benzene rings is 1. The van der Waals surface area contributed by atoms with Crippen molar-refractivity contribution in [2.45, 2.75) is 44.2 Å². The van der Waals surface area contributed by atoms with Crippen LogP contribution in [0.25, 0.3) is 0 Å². The number of hydrogen-bond donors (Lipinski definition) is 2. The highest BCUT2D eigenvalue weighted by molar-refractivity contribution is 14.0. The SMILES string of the molecule is CN=C(NCCC1CCCO1)NCC(c1ccc(OC)cc1)N1CCCC1.I. The van der Waals surface area contributed by atoms with Gasteiger partial charge in [0.15, 0.2) is 5.96 Å². The molecule has 158 valence electrons. The highest BCUT2D eigenvalue weighted by atomic mass is 127. The van der Waals surface area contributed by atoms with Crippen molar-refractivity contribution in [2.75, 3.05) is 46.9 Å². The Balaban J connectivity index is 0.00000280. The topological polar surface area (TPSA) is 58.1 Å². The molecule has 1 aromatic carbocycles. The summed E-state index contributed by atoms with van der Waals surface area (Å²) in [6, 6.07) is 8.80. The molecule has 0 saturated carbocycles.